The van der Waals surface area contributed by atoms with Crippen LogP contribution in [0.4, 0.5) is 5.82 Å². The molecule has 1 aliphatic heterocycles. The highest BCUT2D eigenvalue weighted by atomic mass is 16.2. The van der Waals surface area contributed by atoms with Gasteiger partial charge in [-0.25, -0.2) is 4.68 Å². The maximum absolute atomic E-state index is 12.4. The van der Waals surface area contributed by atoms with E-state index in [9.17, 15) is 4.79 Å². The van der Waals surface area contributed by atoms with Gasteiger partial charge in [0.25, 0.3) is 0 Å². The highest BCUT2D eigenvalue weighted by molar-refractivity contribution is 6.02. The van der Waals surface area contributed by atoms with Crippen LogP contribution in [0.1, 0.15) is 32.4 Å². The monoisotopic (exact) mass is 290 g/mol. The fourth-order valence-corrected chi connectivity index (χ4v) is 2.99. The van der Waals surface area contributed by atoms with Gasteiger partial charge in [-0.2, -0.15) is 10.2 Å². The van der Waals surface area contributed by atoms with Crippen molar-refractivity contribution in [1.82, 2.24) is 25.3 Å². The molecule has 0 spiro atoms. The van der Waals surface area contributed by atoms with Crippen LogP contribution in [0.3, 0.4) is 0 Å². The Morgan fingerprint density at radius 3 is 2.95 bits per heavy atom. The summed E-state index contributed by atoms with van der Waals surface area (Å²) in [4.78, 5) is 12.4. The number of carbonyl (C=O) groups is 1. The van der Waals surface area contributed by atoms with Crippen LogP contribution in [0.15, 0.2) is 0 Å². The maximum atomic E-state index is 12.4. The van der Waals surface area contributed by atoms with Gasteiger partial charge >= 0.3 is 0 Å². The number of aromatic nitrogens is 4. The van der Waals surface area contributed by atoms with Crippen molar-refractivity contribution < 1.29 is 4.79 Å². The normalized spacial score (nSPS) is 22.0. The number of hydrogen-bond donors (Lipinski definition) is 3. The van der Waals surface area contributed by atoms with E-state index in [-0.39, 0.29) is 11.9 Å². The summed E-state index contributed by atoms with van der Waals surface area (Å²) in [5.41, 5.74) is 1.72. The zero-order chi connectivity index (χ0) is 15.0. The van der Waals surface area contributed by atoms with Crippen molar-refractivity contribution in [3.63, 3.8) is 0 Å². The molecule has 3 N–H and O–H groups in total. The first kappa shape index (κ1) is 14.1. The first-order chi connectivity index (χ1) is 10.1. The fraction of sp³-hybridized carbons (Fsp3) is 0.643. The number of rotatable bonds is 4. The Balaban J connectivity index is 1.80. The standard InChI is InChI=1S/C14H22N6O/c1-4-8-6-10(15-7-8)14(21)16-12-11-9(5-2)19-20(3)13(11)18-17-12/h8,10,15H,4-7H2,1-3H3,(H2,16,17,18,21)/t8-,10-/m0/s1. The Labute approximate surface area is 123 Å². The van der Waals surface area contributed by atoms with Crippen molar-refractivity contribution in [3.8, 4) is 0 Å². The topological polar surface area (TPSA) is 87.6 Å². The molecule has 7 nitrogen and oxygen atoms in total. The number of carbonyl (C=O) groups excluding carboxylic acids is 1. The number of fused-ring (bicyclic) bond motifs is 1. The summed E-state index contributed by atoms with van der Waals surface area (Å²) >= 11 is 0. The molecule has 0 bridgehead atoms. The van der Waals surface area contributed by atoms with E-state index in [2.05, 4.69) is 32.9 Å². The molecule has 0 aliphatic carbocycles. The summed E-state index contributed by atoms with van der Waals surface area (Å²) < 4.78 is 1.74. The Bertz CT molecular complexity index is 658. The minimum atomic E-state index is -0.116. The first-order valence-electron chi connectivity index (χ1n) is 7.58. The van der Waals surface area contributed by atoms with Gasteiger partial charge in [0.05, 0.1) is 17.1 Å². The van der Waals surface area contributed by atoms with E-state index in [0.717, 1.165) is 42.5 Å². The third-order valence-electron chi connectivity index (χ3n) is 4.31. The lowest BCUT2D eigenvalue weighted by Gasteiger charge is -2.10. The molecule has 114 valence electrons. The van der Waals surface area contributed by atoms with E-state index >= 15 is 0 Å². The average molecular weight is 290 g/mol. The van der Waals surface area contributed by atoms with Crippen molar-refractivity contribution >= 4 is 22.8 Å². The summed E-state index contributed by atoms with van der Waals surface area (Å²) in [5, 5.41) is 18.7. The minimum Gasteiger partial charge on any atom is -0.309 e. The van der Waals surface area contributed by atoms with Crippen LogP contribution in [0.25, 0.3) is 11.0 Å². The minimum absolute atomic E-state index is 0.00223. The van der Waals surface area contributed by atoms with Gasteiger partial charge < -0.3 is 10.6 Å². The molecule has 1 aliphatic rings. The quantitative estimate of drug-likeness (QED) is 0.789. The predicted molar refractivity (Wildman–Crippen MR) is 81.1 cm³/mol. The molecule has 0 radical (unpaired) electrons. The lowest BCUT2D eigenvalue weighted by atomic mass is 10.0. The predicted octanol–water partition coefficient (Wildman–Crippen LogP) is 1.19. The highest BCUT2D eigenvalue weighted by Crippen LogP contribution is 2.25. The summed E-state index contributed by atoms with van der Waals surface area (Å²) in [6.07, 6.45) is 2.81. The number of aryl methyl sites for hydroxylation is 2. The van der Waals surface area contributed by atoms with Gasteiger partial charge in [-0.15, -0.1) is 0 Å². The highest BCUT2D eigenvalue weighted by Gasteiger charge is 2.29. The second-order valence-electron chi connectivity index (χ2n) is 5.68. The number of nitrogens with one attached hydrogen (secondary N) is 3. The van der Waals surface area contributed by atoms with E-state index in [1.807, 2.05) is 14.0 Å². The molecule has 1 saturated heterocycles. The maximum Gasteiger partial charge on any atom is 0.242 e. The van der Waals surface area contributed by atoms with Gasteiger partial charge in [0.2, 0.25) is 5.91 Å². The molecule has 2 aromatic rings. The molecular weight excluding hydrogens is 268 g/mol. The molecule has 21 heavy (non-hydrogen) atoms. The van der Waals surface area contributed by atoms with Crippen molar-refractivity contribution in [2.24, 2.45) is 13.0 Å². The van der Waals surface area contributed by atoms with Crippen LogP contribution in [0.5, 0.6) is 0 Å². The second kappa shape index (κ2) is 5.48. The Kier molecular flexibility index (Phi) is 3.67. The van der Waals surface area contributed by atoms with Crippen molar-refractivity contribution in [2.75, 3.05) is 11.9 Å². The molecule has 3 heterocycles. The summed E-state index contributed by atoms with van der Waals surface area (Å²) in [6, 6.07) is -0.116. The third-order valence-corrected chi connectivity index (χ3v) is 4.31. The molecule has 0 saturated carbocycles. The fourth-order valence-electron chi connectivity index (χ4n) is 2.99. The lowest BCUT2D eigenvalue weighted by molar-refractivity contribution is -0.117. The summed E-state index contributed by atoms with van der Waals surface area (Å²) in [7, 11) is 1.86. The number of nitrogens with zero attached hydrogens (tertiary/aromatic N) is 3. The molecule has 7 heteroatoms. The van der Waals surface area contributed by atoms with Gasteiger partial charge in [0.1, 0.15) is 5.82 Å². The van der Waals surface area contributed by atoms with E-state index in [1.165, 1.54) is 0 Å². The molecule has 3 rings (SSSR count). The van der Waals surface area contributed by atoms with Gasteiger partial charge in [0.15, 0.2) is 5.65 Å². The number of anilines is 1. The Morgan fingerprint density at radius 1 is 1.48 bits per heavy atom. The number of aromatic amines is 1. The molecule has 1 fully saturated rings. The van der Waals surface area contributed by atoms with E-state index in [0.29, 0.717) is 11.7 Å². The summed E-state index contributed by atoms with van der Waals surface area (Å²) in [6.45, 7) is 5.12. The van der Waals surface area contributed by atoms with Crippen LogP contribution in [0, 0.1) is 5.92 Å². The SMILES string of the molecule is CCc1nn(C)c2n[nH]c(NC(=O)[C@@H]3C[C@H](CC)CN3)c12. The molecule has 2 aromatic heterocycles. The van der Waals surface area contributed by atoms with Crippen LogP contribution < -0.4 is 10.6 Å². The second-order valence-corrected chi connectivity index (χ2v) is 5.68. The van der Waals surface area contributed by atoms with Crippen molar-refractivity contribution in [1.29, 1.82) is 0 Å². The molecule has 0 aromatic carbocycles. The molecule has 2 atom stereocenters. The largest absolute Gasteiger partial charge is 0.309 e. The first-order valence-corrected chi connectivity index (χ1v) is 7.58. The Hall–Kier alpha value is -1.89. The number of hydrogen-bond acceptors (Lipinski definition) is 4. The van der Waals surface area contributed by atoms with Crippen molar-refractivity contribution in [3.05, 3.63) is 5.69 Å². The van der Waals surface area contributed by atoms with Gasteiger partial charge in [-0.3, -0.25) is 9.89 Å². The molecular formula is C14H22N6O. The van der Waals surface area contributed by atoms with Crippen LogP contribution >= 0.6 is 0 Å². The van der Waals surface area contributed by atoms with Crippen LogP contribution in [0.2, 0.25) is 0 Å². The third kappa shape index (κ3) is 2.42. The van der Waals surface area contributed by atoms with Gasteiger partial charge in [-0.05, 0) is 25.3 Å². The van der Waals surface area contributed by atoms with E-state index in [1.54, 1.807) is 4.68 Å². The lowest BCUT2D eigenvalue weighted by Crippen LogP contribution is -2.35. The smallest absolute Gasteiger partial charge is 0.242 e. The van der Waals surface area contributed by atoms with Gasteiger partial charge in [-0.1, -0.05) is 20.3 Å². The number of amides is 1. The zero-order valence-corrected chi connectivity index (χ0v) is 12.7. The number of H-pyrrole nitrogens is 1. The zero-order valence-electron chi connectivity index (χ0n) is 12.7. The van der Waals surface area contributed by atoms with E-state index < -0.39 is 0 Å². The van der Waals surface area contributed by atoms with Crippen molar-refractivity contribution in [2.45, 2.75) is 39.2 Å². The summed E-state index contributed by atoms with van der Waals surface area (Å²) in [5.74, 6) is 1.25. The Morgan fingerprint density at radius 2 is 2.29 bits per heavy atom. The molecule has 1 amide bonds. The average Bonchev–Trinajstić information content (AvgIpc) is 3.17. The van der Waals surface area contributed by atoms with E-state index in [4.69, 9.17) is 0 Å². The molecule has 0 unspecified atom stereocenters. The van der Waals surface area contributed by atoms with Crippen LogP contribution in [-0.2, 0) is 18.3 Å². The van der Waals surface area contributed by atoms with Crippen LogP contribution in [-0.4, -0.2) is 38.5 Å². The van der Waals surface area contributed by atoms with Gasteiger partial charge in [0, 0.05) is 7.05 Å².